The van der Waals surface area contributed by atoms with Crippen LogP contribution in [0.3, 0.4) is 0 Å². The number of morpholine rings is 1. The van der Waals surface area contributed by atoms with E-state index in [4.69, 9.17) is 4.74 Å². The molecule has 2 aromatic rings. The lowest BCUT2D eigenvalue weighted by Crippen LogP contribution is -2.36. The van der Waals surface area contributed by atoms with Crippen molar-refractivity contribution in [1.82, 2.24) is 9.97 Å². The smallest absolute Gasteiger partial charge is 0.107 e. The van der Waals surface area contributed by atoms with Crippen molar-refractivity contribution in [3.8, 4) is 11.8 Å². The standard InChI is InChI=1S/C22H25FN4O/c1-26(12-11-23)21-9-6-19(7-10-21)5-8-20-3-2-4-22(17-24-18-25-20)27-13-15-28-16-14-27/h2-4,6-7,9-10,17-18H,11-16H2,1H3,(H,24,25). The Balaban J connectivity index is 1.74. The topological polar surface area (TPSA) is 44.4 Å². The number of nitrogens with one attached hydrogen (secondary N) is 1. The molecule has 0 spiro atoms. The number of aromatic amines is 1. The van der Waals surface area contributed by atoms with Crippen LogP contribution in [0.15, 0.2) is 55.0 Å². The predicted molar refractivity (Wildman–Crippen MR) is 111 cm³/mol. The summed E-state index contributed by atoms with van der Waals surface area (Å²) in [5.74, 6) is 6.27. The number of ether oxygens (including phenoxy) is 1. The zero-order valence-corrected chi connectivity index (χ0v) is 16.1. The Hall–Kier alpha value is -3.04. The van der Waals surface area contributed by atoms with Gasteiger partial charge in [0, 0.05) is 37.9 Å². The summed E-state index contributed by atoms with van der Waals surface area (Å²) < 4.78 is 17.9. The highest BCUT2D eigenvalue weighted by Crippen LogP contribution is 2.14. The maximum absolute atomic E-state index is 12.5. The van der Waals surface area contributed by atoms with Crippen molar-refractivity contribution in [2.45, 2.75) is 0 Å². The molecule has 0 unspecified atom stereocenters. The number of anilines is 2. The summed E-state index contributed by atoms with van der Waals surface area (Å²) in [6.45, 7) is 3.23. The molecule has 0 saturated carbocycles. The molecule has 146 valence electrons. The van der Waals surface area contributed by atoms with Crippen LogP contribution in [-0.4, -0.2) is 56.5 Å². The number of alkyl halides is 1. The number of rotatable bonds is 4. The number of H-pyrrole nitrogens is 1. The lowest BCUT2D eigenvalue weighted by molar-refractivity contribution is 0.122. The molecule has 0 radical (unpaired) electrons. The van der Waals surface area contributed by atoms with E-state index in [0.29, 0.717) is 6.54 Å². The molecule has 0 aliphatic carbocycles. The molecule has 0 bridgehead atoms. The highest BCUT2D eigenvalue weighted by molar-refractivity contribution is 5.51. The van der Waals surface area contributed by atoms with Crippen molar-refractivity contribution in [3.63, 3.8) is 0 Å². The summed E-state index contributed by atoms with van der Waals surface area (Å²) in [5, 5.41) is 0. The Bertz CT molecular complexity index is 862. The summed E-state index contributed by atoms with van der Waals surface area (Å²) >= 11 is 0. The SMILES string of the molecule is CN(CCF)c1ccc(C#Cc2cccc(N3CCOCC3)cnc[nH]2)cc1. The van der Waals surface area contributed by atoms with Gasteiger partial charge in [0.25, 0.3) is 0 Å². The van der Waals surface area contributed by atoms with Crippen LogP contribution in [0.2, 0.25) is 0 Å². The minimum absolute atomic E-state index is 0.366. The number of halogens is 1. The van der Waals surface area contributed by atoms with Gasteiger partial charge in [-0.2, -0.15) is 0 Å². The number of hydrogen-bond donors (Lipinski definition) is 1. The van der Waals surface area contributed by atoms with E-state index in [1.54, 1.807) is 6.33 Å². The van der Waals surface area contributed by atoms with E-state index in [9.17, 15) is 4.39 Å². The summed E-state index contributed by atoms with van der Waals surface area (Å²) in [5.41, 5.74) is 3.68. The molecule has 5 nitrogen and oxygen atoms in total. The van der Waals surface area contributed by atoms with Crippen molar-refractivity contribution in [2.24, 2.45) is 0 Å². The molecular formula is C22H25FN4O. The molecule has 0 amide bonds. The first-order chi connectivity index (χ1) is 13.8. The molecule has 28 heavy (non-hydrogen) atoms. The van der Waals surface area contributed by atoms with Crippen LogP contribution >= 0.6 is 0 Å². The molecule has 1 aliphatic rings. The largest absolute Gasteiger partial charge is 0.378 e. The highest BCUT2D eigenvalue weighted by Gasteiger charge is 2.09. The summed E-state index contributed by atoms with van der Waals surface area (Å²) in [4.78, 5) is 11.6. The van der Waals surface area contributed by atoms with E-state index in [1.165, 1.54) is 0 Å². The average Bonchev–Trinajstić information content (AvgIpc) is 2.85. The molecule has 0 atom stereocenters. The monoisotopic (exact) mass is 380 g/mol. The van der Waals surface area contributed by atoms with Crippen molar-refractivity contribution in [3.05, 3.63) is 66.2 Å². The quantitative estimate of drug-likeness (QED) is 0.828. The summed E-state index contributed by atoms with van der Waals surface area (Å²) in [7, 11) is 1.87. The Morgan fingerprint density at radius 3 is 2.68 bits per heavy atom. The van der Waals surface area contributed by atoms with Gasteiger partial charge in [-0.05, 0) is 42.3 Å². The van der Waals surface area contributed by atoms with Crippen LogP contribution in [0.1, 0.15) is 11.3 Å². The van der Waals surface area contributed by atoms with Crippen LogP contribution < -0.4 is 9.80 Å². The van der Waals surface area contributed by atoms with Crippen LogP contribution in [-0.2, 0) is 4.74 Å². The van der Waals surface area contributed by atoms with E-state index >= 15 is 0 Å². The van der Waals surface area contributed by atoms with Gasteiger partial charge in [0.05, 0.1) is 37.1 Å². The van der Waals surface area contributed by atoms with Gasteiger partial charge in [-0.15, -0.1) is 0 Å². The van der Waals surface area contributed by atoms with Crippen molar-refractivity contribution in [2.75, 3.05) is 56.4 Å². The molecule has 1 saturated heterocycles. The second kappa shape index (κ2) is 10.3. The van der Waals surface area contributed by atoms with Crippen LogP contribution in [0, 0.1) is 11.8 Å². The third kappa shape index (κ3) is 5.73. The van der Waals surface area contributed by atoms with Crippen molar-refractivity contribution >= 4 is 11.4 Å². The molecule has 1 fully saturated rings. The van der Waals surface area contributed by atoms with Gasteiger partial charge in [0.2, 0.25) is 0 Å². The lowest BCUT2D eigenvalue weighted by Gasteiger charge is -2.27. The van der Waals surface area contributed by atoms with Gasteiger partial charge in [-0.3, -0.25) is 0 Å². The minimum Gasteiger partial charge on any atom is -0.378 e. The number of benzene rings is 1. The molecule has 1 aromatic carbocycles. The zero-order valence-electron chi connectivity index (χ0n) is 16.1. The van der Waals surface area contributed by atoms with Gasteiger partial charge in [-0.25, -0.2) is 9.37 Å². The average molecular weight is 380 g/mol. The Morgan fingerprint density at radius 1 is 1.14 bits per heavy atom. The van der Waals surface area contributed by atoms with E-state index < -0.39 is 0 Å². The van der Waals surface area contributed by atoms with E-state index in [0.717, 1.165) is 48.9 Å². The maximum Gasteiger partial charge on any atom is 0.107 e. The Kier molecular flexibility index (Phi) is 7.28. The molecule has 1 N–H and O–H groups in total. The molecule has 1 aliphatic heterocycles. The molecule has 2 heterocycles. The predicted octanol–water partition coefficient (Wildman–Crippen LogP) is 3.18. The minimum atomic E-state index is -0.366. The highest BCUT2D eigenvalue weighted by atomic mass is 19.1. The summed E-state index contributed by atoms with van der Waals surface area (Å²) in [6.07, 6.45) is 3.48. The second-order valence-electron chi connectivity index (χ2n) is 6.42. The fraction of sp³-hybridized carbons (Fsp3) is 0.318. The van der Waals surface area contributed by atoms with E-state index in [2.05, 4.69) is 26.7 Å². The Morgan fingerprint density at radius 2 is 1.93 bits per heavy atom. The fourth-order valence-electron chi connectivity index (χ4n) is 2.84. The summed E-state index contributed by atoms with van der Waals surface area (Å²) in [6, 6.07) is 13.7. The van der Waals surface area contributed by atoms with Crippen LogP contribution in [0.25, 0.3) is 0 Å². The zero-order chi connectivity index (χ0) is 19.6. The molecule has 6 heteroatoms. The third-order valence-corrected chi connectivity index (χ3v) is 4.48. The van der Waals surface area contributed by atoms with Crippen molar-refractivity contribution in [1.29, 1.82) is 0 Å². The lowest BCUT2D eigenvalue weighted by atomic mass is 10.2. The maximum atomic E-state index is 12.5. The number of aromatic nitrogens is 2. The third-order valence-electron chi connectivity index (χ3n) is 4.48. The van der Waals surface area contributed by atoms with E-state index in [1.807, 2.05) is 60.6 Å². The second-order valence-corrected chi connectivity index (χ2v) is 6.42. The number of nitrogens with zero attached hydrogens (tertiary/aromatic N) is 3. The van der Waals surface area contributed by atoms with Crippen LogP contribution in [0.5, 0.6) is 0 Å². The van der Waals surface area contributed by atoms with Crippen LogP contribution in [0.4, 0.5) is 15.8 Å². The first-order valence-electron chi connectivity index (χ1n) is 9.35. The van der Waals surface area contributed by atoms with Gasteiger partial charge in [0.15, 0.2) is 0 Å². The normalized spacial score (nSPS) is 13.3. The molecule has 3 rings (SSSR count). The Labute approximate surface area is 165 Å². The first kappa shape index (κ1) is 19.7. The molecular weight excluding hydrogens is 355 g/mol. The fourth-order valence-corrected chi connectivity index (χ4v) is 2.84. The number of hydrogen-bond acceptors (Lipinski definition) is 4. The van der Waals surface area contributed by atoms with Gasteiger partial charge in [-0.1, -0.05) is 12.0 Å². The van der Waals surface area contributed by atoms with Gasteiger partial charge >= 0.3 is 0 Å². The van der Waals surface area contributed by atoms with E-state index in [-0.39, 0.29) is 6.67 Å². The van der Waals surface area contributed by atoms with Gasteiger partial charge < -0.3 is 19.5 Å². The van der Waals surface area contributed by atoms with Crippen molar-refractivity contribution < 1.29 is 9.13 Å². The van der Waals surface area contributed by atoms with Gasteiger partial charge in [0.1, 0.15) is 6.67 Å². The molecule has 1 aromatic heterocycles. The first-order valence-corrected chi connectivity index (χ1v) is 9.35.